The number of nitrogens with zero attached hydrogens (tertiary/aromatic N) is 1. The summed E-state index contributed by atoms with van der Waals surface area (Å²) < 4.78 is 0. The minimum atomic E-state index is -0.0587. The number of para-hydroxylation sites is 1. The number of amides is 1. The van der Waals surface area contributed by atoms with Crippen molar-refractivity contribution in [2.75, 3.05) is 17.6 Å². The Balaban J connectivity index is 2.00. The Morgan fingerprint density at radius 3 is 2.67 bits per heavy atom. The molecule has 0 radical (unpaired) electrons. The fourth-order valence-corrected chi connectivity index (χ4v) is 2.28. The van der Waals surface area contributed by atoms with Gasteiger partial charge in [-0.15, -0.1) is 0 Å². The molecule has 2 aromatic rings. The molecule has 1 aromatic heterocycles. The first-order valence-corrected chi connectivity index (χ1v) is 8.17. The number of carbonyl (C=O) groups excluding carboxylic acids is 1. The minimum absolute atomic E-state index is 0.0587. The van der Waals surface area contributed by atoms with Gasteiger partial charge < -0.3 is 16.4 Å². The predicted octanol–water partition coefficient (Wildman–Crippen LogP) is 3.44. The molecule has 0 aliphatic rings. The number of nitrogen functional groups attached to an aromatic ring is 1. The number of hydrogen-bond donors (Lipinski definition) is 3. The molecule has 2 rings (SSSR count). The molecule has 4 N–H and O–H groups in total. The van der Waals surface area contributed by atoms with Gasteiger partial charge in [0, 0.05) is 25.0 Å². The van der Waals surface area contributed by atoms with E-state index in [0.29, 0.717) is 24.5 Å². The molecule has 0 bridgehead atoms. The molecule has 0 saturated heterocycles. The lowest BCUT2D eigenvalue weighted by atomic mass is 9.92. The molecule has 0 saturated carbocycles. The molecule has 0 aliphatic heterocycles. The second-order valence-corrected chi connectivity index (χ2v) is 7.05. The average molecular weight is 326 g/mol. The van der Waals surface area contributed by atoms with Gasteiger partial charge in [0.15, 0.2) is 0 Å². The van der Waals surface area contributed by atoms with Gasteiger partial charge in [0.1, 0.15) is 5.82 Å². The third-order valence-corrected chi connectivity index (χ3v) is 3.66. The van der Waals surface area contributed by atoms with Gasteiger partial charge in [-0.05, 0) is 41.7 Å². The second-order valence-electron chi connectivity index (χ2n) is 7.05. The normalized spacial score (nSPS) is 11.1. The van der Waals surface area contributed by atoms with Crippen molar-refractivity contribution in [3.05, 3.63) is 53.7 Å². The largest absolute Gasteiger partial charge is 0.384 e. The van der Waals surface area contributed by atoms with Crippen LogP contribution in [0.1, 0.15) is 43.1 Å². The average Bonchev–Trinajstić information content (AvgIpc) is 2.52. The van der Waals surface area contributed by atoms with Gasteiger partial charge in [0.2, 0.25) is 0 Å². The molecule has 0 unspecified atom stereocenters. The fraction of sp³-hybridized carbons (Fsp3) is 0.368. The van der Waals surface area contributed by atoms with E-state index >= 15 is 0 Å². The zero-order valence-electron chi connectivity index (χ0n) is 14.6. The Bertz CT molecular complexity index is 692. The molecule has 0 fully saturated rings. The van der Waals surface area contributed by atoms with Gasteiger partial charge in [-0.25, -0.2) is 4.98 Å². The van der Waals surface area contributed by atoms with Crippen molar-refractivity contribution < 1.29 is 4.79 Å². The maximum absolute atomic E-state index is 12.4. The van der Waals surface area contributed by atoms with Gasteiger partial charge in [0.25, 0.3) is 5.91 Å². The van der Waals surface area contributed by atoms with Gasteiger partial charge in [-0.2, -0.15) is 0 Å². The van der Waals surface area contributed by atoms with Crippen molar-refractivity contribution in [3.63, 3.8) is 0 Å². The van der Waals surface area contributed by atoms with Crippen LogP contribution < -0.4 is 16.4 Å². The van der Waals surface area contributed by atoms with Crippen molar-refractivity contribution in [2.45, 2.75) is 33.7 Å². The molecule has 5 nitrogen and oxygen atoms in total. The summed E-state index contributed by atoms with van der Waals surface area (Å²) in [5, 5.41) is 6.29. The molecule has 1 aromatic carbocycles. The zero-order chi connectivity index (χ0) is 17.6. The standard InChI is InChI=1S/C19H26N4O/c1-19(2,3)9-11-22-18(24)15-6-4-5-7-16(15)23-13-14-8-10-21-17(20)12-14/h4-8,10,12,23H,9,11,13H2,1-3H3,(H2,20,21)(H,22,24). The summed E-state index contributed by atoms with van der Waals surface area (Å²) in [6.07, 6.45) is 2.61. The highest BCUT2D eigenvalue weighted by Gasteiger charge is 2.13. The second kappa shape index (κ2) is 7.81. The van der Waals surface area contributed by atoms with Crippen LogP contribution in [0.4, 0.5) is 11.5 Å². The number of hydrogen-bond acceptors (Lipinski definition) is 4. The molecule has 0 aliphatic carbocycles. The van der Waals surface area contributed by atoms with Crippen molar-refractivity contribution >= 4 is 17.4 Å². The van der Waals surface area contributed by atoms with Crippen LogP contribution in [0.15, 0.2) is 42.6 Å². The number of benzene rings is 1. The quantitative estimate of drug-likeness (QED) is 0.759. The SMILES string of the molecule is CC(C)(C)CCNC(=O)c1ccccc1NCc1ccnc(N)c1. The van der Waals surface area contributed by atoms with E-state index < -0.39 is 0 Å². The first-order valence-electron chi connectivity index (χ1n) is 8.17. The number of pyridine rings is 1. The number of rotatable bonds is 6. The molecule has 1 heterocycles. The van der Waals surface area contributed by atoms with E-state index in [9.17, 15) is 4.79 Å². The number of nitrogens with two attached hydrogens (primary N) is 1. The van der Waals surface area contributed by atoms with Crippen LogP contribution in [-0.4, -0.2) is 17.4 Å². The van der Waals surface area contributed by atoms with Crippen LogP contribution >= 0.6 is 0 Å². The molecule has 1 amide bonds. The molecule has 0 atom stereocenters. The van der Waals surface area contributed by atoms with E-state index in [0.717, 1.165) is 17.7 Å². The van der Waals surface area contributed by atoms with Crippen molar-refractivity contribution in [1.82, 2.24) is 10.3 Å². The predicted molar refractivity (Wildman–Crippen MR) is 98.8 cm³/mol. The van der Waals surface area contributed by atoms with Gasteiger partial charge in [0.05, 0.1) is 5.56 Å². The molecule has 5 heteroatoms. The third kappa shape index (κ3) is 5.57. The summed E-state index contributed by atoms with van der Waals surface area (Å²) in [4.78, 5) is 16.4. The van der Waals surface area contributed by atoms with E-state index in [1.54, 1.807) is 6.20 Å². The van der Waals surface area contributed by atoms with E-state index in [4.69, 9.17) is 5.73 Å². The summed E-state index contributed by atoms with van der Waals surface area (Å²) in [5.74, 6) is 0.430. The highest BCUT2D eigenvalue weighted by atomic mass is 16.1. The number of carbonyl (C=O) groups is 1. The fourth-order valence-electron chi connectivity index (χ4n) is 2.28. The molecule has 0 spiro atoms. The molecular weight excluding hydrogens is 300 g/mol. The van der Waals surface area contributed by atoms with Crippen LogP contribution in [-0.2, 0) is 6.54 Å². The monoisotopic (exact) mass is 326 g/mol. The summed E-state index contributed by atoms with van der Waals surface area (Å²) in [5.41, 5.74) is 8.37. The Hall–Kier alpha value is -2.56. The van der Waals surface area contributed by atoms with Crippen molar-refractivity contribution in [1.29, 1.82) is 0 Å². The van der Waals surface area contributed by atoms with Gasteiger partial charge in [-0.3, -0.25) is 4.79 Å². The molecule has 24 heavy (non-hydrogen) atoms. The lowest BCUT2D eigenvalue weighted by Gasteiger charge is -2.18. The van der Waals surface area contributed by atoms with E-state index in [-0.39, 0.29) is 11.3 Å². The van der Waals surface area contributed by atoms with Crippen LogP contribution in [0.3, 0.4) is 0 Å². The summed E-state index contributed by atoms with van der Waals surface area (Å²) in [7, 11) is 0. The van der Waals surface area contributed by atoms with Crippen LogP contribution in [0.2, 0.25) is 0 Å². The van der Waals surface area contributed by atoms with E-state index in [1.807, 2.05) is 36.4 Å². The smallest absolute Gasteiger partial charge is 0.253 e. The van der Waals surface area contributed by atoms with Gasteiger partial charge >= 0.3 is 0 Å². The third-order valence-electron chi connectivity index (χ3n) is 3.66. The van der Waals surface area contributed by atoms with Crippen molar-refractivity contribution in [2.24, 2.45) is 5.41 Å². The Kier molecular flexibility index (Phi) is 5.79. The number of nitrogens with one attached hydrogen (secondary N) is 2. The van der Waals surface area contributed by atoms with Crippen LogP contribution in [0, 0.1) is 5.41 Å². The van der Waals surface area contributed by atoms with Crippen molar-refractivity contribution in [3.8, 4) is 0 Å². The highest BCUT2D eigenvalue weighted by molar-refractivity contribution is 5.99. The summed E-state index contributed by atoms with van der Waals surface area (Å²) in [6, 6.07) is 11.2. The van der Waals surface area contributed by atoms with E-state index in [2.05, 4.69) is 36.4 Å². The Morgan fingerprint density at radius 1 is 1.21 bits per heavy atom. The zero-order valence-corrected chi connectivity index (χ0v) is 14.6. The molecular formula is C19H26N4O. The highest BCUT2D eigenvalue weighted by Crippen LogP contribution is 2.19. The number of aromatic nitrogens is 1. The van der Waals surface area contributed by atoms with Crippen LogP contribution in [0.25, 0.3) is 0 Å². The molecule has 128 valence electrons. The van der Waals surface area contributed by atoms with Crippen LogP contribution in [0.5, 0.6) is 0 Å². The minimum Gasteiger partial charge on any atom is -0.384 e. The Labute approximate surface area is 143 Å². The summed E-state index contributed by atoms with van der Waals surface area (Å²) in [6.45, 7) is 7.73. The maximum Gasteiger partial charge on any atom is 0.253 e. The lowest BCUT2D eigenvalue weighted by molar-refractivity contribution is 0.0950. The first-order chi connectivity index (χ1) is 11.3. The number of anilines is 2. The Morgan fingerprint density at radius 2 is 1.96 bits per heavy atom. The lowest BCUT2D eigenvalue weighted by Crippen LogP contribution is -2.27. The first kappa shape index (κ1) is 17.8. The van der Waals surface area contributed by atoms with Gasteiger partial charge in [-0.1, -0.05) is 32.9 Å². The van der Waals surface area contributed by atoms with E-state index in [1.165, 1.54) is 0 Å². The topological polar surface area (TPSA) is 80.0 Å². The maximum atomic E-state index is 12.4. The summed E-state index contributed by atoms with van der Waals surface area (Å²) >= 11 is 0.